The Morgan fingerprint density at radius 1 is 1.47 bits per heavy atom. The van der Waals surface area contributed by atoms with E-state index in [0.29, 0.717) is 5.06 Å². The average molecular weight is 279 g/mol. The highest BCUT2D eigenvalue weighted by molar-refractivity contribution is 7.51. The monoisotopic (exact) mass is 279 g/mol. The van der Waals surface area contributed by atoms with Crippen LogP contribution in [0.2, 0.25) is 0 Å². The van der Waals surface area contributed by atoms with E-state index in [-0.39, 0.29) is 25.5 Å². The van der Waals surface area contributed by atoms with E-state index in [9.17, 15) is 14.6 Å². The summed E-state index contributed by atoms with van der Waals surface area (Å²) in [5, 5.41) is 11.7. The van der Waals surface area contributed by atoms with E-state index in [1.165, 1.54) is 11.3 Å². The molecular weight excluding hydrogens is 265 g/mol. The maximum atomic E-state index is 11.5. The number of hydroxylamine groups is 2. The summed E-state index contributed by atoms with van der Waals surface area (Å²) in [5.41, 5.74) is 0. The fourth-order valence-electron chi connectivity index (χ4n) is 1.20. The second-order valence-corrected chi connectivity index (χ2v) is 6.32. The van der Waals surface area contributed by atoms with Gasteiger partial charge in [0, 0.05) is 11.4 Å². The third-order valence-corrected chi connectivity index (χ3v) is 3.79. The highest BCUT2D eigenvalue weighted by Gasteiger charge is 2.16. The molecule has 0 aliphatic heterocycles. The van der Waals surface area contributed by atoms with E-state index >= 15 is 0 Å². The zero-order valence-electron chi connectivity index (χ0n) is 9.02. The predicted molar refractivity (Wildman–Crippen MR) is 63.1 cm³/mol. The van der Waals surface area contributed by atoms with Gasteiger partial charge in [0.15, 0.2) is 0 Å². The van der Waals surface area contributed by atoms with Crippen molar-refractivity contribution in [2.24, 2.45) is 0 Å². The second-order valence-electron chi connectivity index (χ2n) is 3.51. The van der Waals surface area contributed by atoms with Gasteiger partial charge in [0.25, 0.3) is 5.91 Å². The molecule has 0 saturated carbocycles. The van der Waals surface area contributed by atoms with Gasteiger partial charge in [0.2, 0.25) is 0 Å². The van der Waals surface area contributed by atoms with Gasteiger partial charge >= 0.3 is 7.60 Å². The first-order chi connectivity index (χ1) is 7.88. The SMILES string of the molecule is O=C(Cc1cccs1)N(O)CCCP(=O)(O)O. The minimum absolute atomic E-state index is 0.0664. The lowest BCUT2D eigenvalue weighted by molar-refractivity contribution is -0.164. The van der Waals surface area contributed by atoms with Crippen LogP contribution in [0.5, 0.6) is 0 Å². The van der Waals surface area contributed by atoms with E-state index in [0.717, 1.165) is 4.88 Å². The van der Waals surface area contributed by atoms with Crippen molar-refractivity contribution >= 4 is 24.8 Å². The Hall–Kier alpha value is -0.720. The Bertz CT molecular complexity index is 402. The molecule has 0 unspecified atom stereocenters. The van der Waals surface area contributed by atoms with Crippen molar-refractivity contribution in [3.63, 3.8) is 0 Å². The van der Waals surface area contributed by atoms with Crippen LogP contribution in [0.25, 0.3) is 0 Å². The van der Waals surface area contributed by atoms with E-state index in [4.69, 9.17) is 9.79 Å². The van der Waals surface area contributed by atoms with Crippen LogP contribution in [0.4, 0.5) is 0 Å². The van der Waals surface area contributed by atoms with Crippen molar-refractivity contribution in [3.05, 3.63) is 22.4 Å². The first kappa shape index (κ1) is 14.3. The Kier molecular flexibility index (Phi) is 5.30. The molecule has 8 heteroatoms. The molecule has 0 radical (unpaired) electrons. The van der Waals surface area contributed by atoms with Crippen LogP contribution < -0.4 is 0 Å². The molecule has 1 rings (SSSR count). The van der Waals surface area contributed by atoms with Crippen LogP contribution in [0.15, 0.2) is 17.5 Å². The molecule has 0 fully saturated rings. The Balaban J connectivity index is 2.30. The quantitative estimate of drug-likeness (QED) is 0.411. The van der Waals surface area contributed by atoms with Gasteiger partial charge in [-0.05, 0) is 17.9 Å². The summed E-state index contributed by atoms with van der Waals surface area (Å²) in [5.74, 6) is -0.474. The molecule has 0 aliphatic carbocycles. The third-order valence-electron chi connectivity index (χ3n) is 2.01. The molecule has 0 aliphatic rings. The Morgan fingerprint density at radius 3 is 2.71 bits per heavy atom. The molecule has 0 bridgehead atoms. The molecule has 0 saturated heterocycles. The summed E-state index contributed by atoms with van der Waals surface area (Å²) in [7, 11) is -4.06. The Labute approximate surface area is 103 Å². The van der Waals surface area contributed by atoms with E-state index in [1.54, 1.807) is 6.07 Å². The molecule has 0 atom stereocenters. The van der Waals surface area contributed by atoms with Gasteiger partial charge < -0.3 is 9.79 Å². The van der Waals surface area contributed by atoms with Crippen molar-refractivity contribution < 1.29 is 24.4 Å². The zero-order chi connectivity index (χ0) is 12.9. The summed E-state index contributed by atoms with van der Waals surface area (Å²) in [4.78, 5) is 29.5. The van der Waals surface area contributed by atoms with E-state index < -0.39 is 13.5 Å². The molecule has 0 aromatic carbocycles. The zero-order valence-corrected chi connectivity index (χ0v) is 10.7. The summed E-state index contributed by atoms with van der Waals surface area (Å²) < 4.78 is 10.5. The number of carbonyl (C=O) groups is 1. The van der Waals surface area contributed by atoms with Crippen LogP contribution in [-0.4, -0.2) is 38.7 Å². The normalized spacial score (nSPS) is 11.5. The molecule has 17 heavy (non-hydrogen) atoms. The number of amides is 1. The minimum atomic E-state index is -4.06. The van der Waals surface area contributed by atoms with E-state index in [2.05, 4.69) is 0 Å². The number of hydrogen-bond donors (Lipinski definition) is 3. The summed E-state index contributed by atoms with van der Waals surface area (Å²) in [6, 6.07) is 3.59. The smallest absolute Gasteiger partial charge is 0.324 e. The number of hydrogen-bond acceptors (Lipinski definition) is 4. The average Bonchev–Trinajstić information content (AvgIpc) is 2.68. The molecule has 6 nitrogen and oxygen atoms in total. The lowest BCUT2D eigenvalue weighted by Gasteiger charge is -2.14. The van der Waals surface area contributed by atoms with Crippen molar-refractivity contribution in [1.29, 1.82) is 0 Å². The lowest BCUT2D eigenvalue weighted by Crippen LogP contribution is -2.30. The highest BCUT2D eigenvalue weighted by Crippen LogP contribution is 2.34. The summed E-state index contributed by atoms with van der Waals surface area (Å²) in [6.45, 7) is -0.0741. The largest absolute Gasteiger partial charge is 0.325 e. The van der Waals surface area contributed by atoms with Crippen molar-refractivity contribution in [1.82, 2.24) is 5.06 Å². The number of thiophene rings is 1. The summed E-state index contributed by atoms with van der Waals surface area (Å²) >= 11 is 1.41. The van der Waals surface area contributed by atoms with Gasteiger partial charge in [-0.15, -0.1) is 11.3 Å². The maximum Gasteiger partial charge on any atom is 0.325 e. The fraction of sp³-hybridized carbons (Fsp3) is 0.444. The number of carbonyl (C=O) groups excluding carboxylic acids is 1. The van der Waals surface area contributed by atoms with Gasteiger partial charge in [-0.2, -0.15) is 0 Å². The van der Waals surface area contributed by atoms with Crippen molar-refractivity contribution in [2.45, 2.75) is 12.8 Å². The first-order valence-corrected chi connectivity index (χ1v) is 7.62. The van der Waals surface area contributed by atoms with Crippen molar-refractivity contribution in [2.75, 3.05) is 12.7 Å². The summed E-state index contributed by atoms with van der Waals surface area (Å²) in [6.07, 6.45) is -0.169. The second kappa shape index (κ2) is 6.28. The third kappa shape index (κ3) is 5.95. The molecule has 1 heterocycles. The molecule has 96 valence electrons. The van der Waals surface area contributed by atoms with Crippen LogP contribution in [0.3, 0.4) is 0 Å². The number of nitrogens with zero attached hydrogens (tertiary/aromatic N) is 1. The van der Waals surface area contributed by atoms with Crippen LogP contribution >= 0.6 is 18.9 Å². The molecule has 0 spiro atoms. The predicted octanol–water partition coefficient (Wildman–Crippen LogP) is 1.08. The van der Waals surface area contributed by atoms with Crippen LogP contribution in [0, 0.1) is 0 Å². The van der Waals surface area contributed by atoms with Crippen molar-refractivity contribution in [3.8, 4) is 0 Å². The highest BCUT2D eigenvalue weighted by atomic mass is 32.1. The van der Waals surface area contributed by atoms with Crippen LogP contribution in [0.1, 0.15) is 11.3 Å². The topological polar surface area (TPSA) is 98.1 Å². The van der Waals surface area contributed by atoms with E-state index in [1.807, 2.05) is 11.4 Å². The number of rotatable bonds is 6. The molecule has 1 aromatic rings. The lowest BCUT2D eigenvalue weighted by atomic mass is 10.3. The van der Waals surface area contributed by atoms with Crippen LogP contribution in [-0.2, 0) is 15.8 Å². The standard InChI is InChI=1S/C9H14NO5PS/c11-9(7-8-3-1-6-17-8)10(12)4-2-5-16(13,14)15/h1,3,6,12H,2,4-5,7H2,(H2,13,14,15). The van der Waals surface area contributed by atoms with Gasteiger partial charge in [-0.25, -0.2) is 5.06 Å². The van der Waals surface area contributed by atoms with Gasteiger partial charge in [0.05, 0.1) is 12.6 Å². The first-order valence-electron chi connectivity index (χ1n) is 4.95. The fourth-order valence-corrected chi connectivity index (χ4v) is 2.45. The van der Waals surface area contributed by atoms with Gasteiger partial charge in [-0.1, -0.05) is 6.07 Å². The molecular formula is C9H14NO5PS. The molecule has 3 N–H and O–H groups in total. The Morgan fingerprint density at radius 2 is 2.18 bits per heavy atom. The van der Waals surface area contributed by atoms with Gasteiger partial charge in [0.1, 0.15) is 0 Å². The molecule has 1 amide bonds. The van der Waals surface area contributed by atoms with Gasteiger partial charge in [-0.3, -0.25) is 14.6 Å². The maximum absolute atomic E-state index is 11.5. The molecule has 1 aromatic heterocycles. The minimum Gasteiger partial charge on any atom is -0.324 e.